The Morgan fingerprint density at radius 1 is 1.32 bits per heavy atom. The molecule has 0 bridgehead atoms. The van der Waals surface area contributed by atoms with Gasteiger partial charge in [-0.05, 0) is 50.3 Å². The lowest BCUT2D eigenvalue weighted by Gasteiger charge is -2.26. The summed E-state index contributed by atoms with van der Waals surface area (Å²) in [5.74, 6) is 1.49. The van der Waals surface area contributed by atoms with Gasteiger partial charge in [-0.15, -0.1) is 0 Å². The number of nitrogens with two attached hydrogens (primary N) is 1. The summed E-state index contributed by atoms with van der Waals surface area (Å²) in [7, 11) is 1.61. The molecule has 0 aromatic heterocycles. The molecule has 0 aliphatic heterocycles. The van der Waals surface area contributed by atoms with Crippen LogP contribution in [0.1, 0.15) is 25.7 Å². The Kier molecular flexibility index (Phi) is 4.80. The van der Waals surface area contributed by atoms with Crippen molar-refractivity contribution in [2.75, 3.05) is 19.0 Å². The third kappa shape index (κ3) is 3.47. The van der Waals surface area contributed by atoms with Crippen molar-refractivity contribution in [2.45, 2.75) is 25.7 Å². The molecule has 3 N–H and O–H groups in total. The quantitative estimate of drug-likeness (QED) is 0.875. The van der Waals surface area contributed by atoms with Crippen LogP contribution in [0.2, 0.25) is 0 Å². The van der Waals surface area contributed by atoms with E-state index >= 15 is 0 Å². The maximum Gasteiger partial charge on any atom is 0.227 e. The van der Waals surface area contributed by atoms with E-state index in [0.29, 0.717) is 11.7 Å². The molecular weight excluding hydrogens is 240 g/mol. The van der Waals surface area contributed by atoms with Crippen LogP contribution in [0, 0.1) is 11.8 Å². The average molecular weight is 262 g/mol. The molecular formula is C15H22N2O2. The van der Waals surface area contributed by atoms with E-state index in [-0.39, 0.29) is 11.8 Å². The first-order valence-electron chi connectivity index (χ1n) is 6.88. The molecule has 1 fully saturated rings. The minimum atomic E-state index is 0.0972. The summed E-state index contributed by atoms with van der Waals surface area (Å²) in [5, 5.41) is 2.97. The lowest BCUT2D eigenvalue weighted by molar-refractivity contribution is -0.121. The Morgan fingerprint density at radius 2 is 2.00 bits per heavy atom. The van der Waals surface area contributed by atoms with Gasteiger partial charge in [-0.25, -0.2) is 0 Å². The van der Waals surface area contributed by atoms with Gasteiger partial charge in [0.15, 0.2) is 0 Å². The number of hydrogen-bond acceptors (Lipinski definition) is 3. The highest BCUT2D eigenvalue weighted by atomic mass is 16.5. The van der Waals surface area contributed by atoms with E-state index in [1.165, 1.54) is 0 Å². The van der Waals surface area contributed by atoms with Crippen LogP contribution in [0.15, 0.2) is 24.3 Å². The number of rotatable bonds is 4. The van der Waals surface area contributed by atoms with E-state index in [4.69, 9.17) is 10.5 Å². The Balaban J connectivity index is 1.94. The number of ether oxygens (including phenoxy) is 1. The maximum atomic E-state index is 12.2. The zero-order chi connectivity index (χ0) is 13.7. The summed E-state index contributed by atoms with van der Waals surface area (Å²) < 4.78 is 5.24. The zero-order valence-electron chi connectivity index (χ0n) is 11.4. The smallest absolute Gasteiger partial charge is 0.227 e. The van der Waals surface area contributed by atoms with Crippen molar-refractivity contribution in [1.29, 1.82) is 0 Å². The number of anilines is 1. The van der Waals surface area contributed by atoms with E-state index in [1.807, 2.05) is 24.3 Å². The molecule has 1 aliphatic rings. The second kappa shape index (κ2) is 6.57. The first-order chi connectivity index (χ1) is 9.24. The molecule has 1 saturated carbocycles. The third-order valence-electron chi connectivity index (χ3n) is 3.92. The van der Waals surface area contributed by atoms with Gasteiger partial charge in [0.25, 0.3) is 0 Å². The SMILES string of the molecule is COc1ccccc1NC(=O)C1CCC(CN)CC1. The van der Waals surface area contributed by atoms with Crippen molar-refractivity contribution in [3.63, 3.8) is 0 Å². The fraction of sp³-hybridized carbons (Fsp3) is 0.533. The van der Waals surface area contributed by atoms with Gasteiger partial charge in [-0.1, -0.05) is 12.1 Å². The van der Waals surface area contributed by atoms with E-state index in [9.17, 15) is 4.79 Å². The number of benzene rings is 1. The highest BCUT2D eigenvalue weighted by molar-refractivity contribution is 5.93. The number of hydrogen-bond donors (Lipinski definition) is 2. The van der Waals surface area contributed by atoms with E-state index in [2.05, 4.69) is 5.32 Å². The molecule has 0 atom stereocenters. The molecule has 0 heterocycles. The van der Waals surface area contributed by atoms with Crippen molar-refractivity contribution in [1.82, 2.24) is 0 Å². The lowest BCUT2D eigenvalue weighted by atomic mass is 9.81. The van der Waals surface area contributed by atoms with E-state index < -0.39 is 0 Å². The van der Waals surface area contributed by atoms with Gasteiger partial charge in [0.1, 0.15) is 5.75 Å². The van der Waals surface area contributed by atoms with Crippen LogP contribution in [-0.2, 0) is 4.79 Å². The second-order valence-corrected chi connectivity index (χ2v) is 5.14. The fourth-order valence-electron chi connectivity index (χ4n) is 2.64. The molecule has 1 aromatic carbocycles. The molecule has 0 radical (unpaired) electrons. The summed E-state index contributed by atoms with van der Waals surface area (Å²) in [6.07, 6.45) is 3.98. The van der Waals surface area contributed by atoms with Gasteiger partial charge < -0.3 is 15.8 Å². The van der Waals surface area contributed by atoms with Crippen molar-refractivity contribution in [2.24, 2.45) is 17.6 Å². The second-order valence-electron chi connectivity index (χ2n) is 5.14. The summed E-state index contributed by atoms with van der Waals surface area (Å²) >= 11 is 0. The van der Waals surface area contributed by atoms with Crippen molar-refractivity contribution in [3.05, 3.63) is 24.3 Å². The van der Waals surface area contributed by atoms with Crippen LogP contribution in [-0.4, -0.2) is 19.6 Å². The molecule has 1 aliphatic carbocycles. The van der Waals surface area contributed by atoms with Gasteiger partial charge in [0, 0.05) is 5.92 Å². The molecule has 19 heavy (non-hydrogen) atoms. The molecule has 1 aromatic rings. The fourth-order valence-corrected chi connectivity index (χ4v) is 2.64. The summed E-state index contributed by atoms with van der Waals surface area (Å²) in [4.78, 5) is 12.2. The highest BCUT2D eigenvalue weighted by Gasteiger charge is 2.26. The Bertz CT molecular complexity index is 426. The first-order valence-corrected chi connectivity index (χ1v) is 6.88. The van der Waals surface area contributed by atoms with Crippen LogP contribution in [0.25, 0.3) is 0 Å². The predicted molar refractivity (Wildman–Crippen MR) is 76.1 cm³/mol. The molecule has 4 heteroatoms. The minimum Gasteiger partial charge on any atom is -0.495 e. The molecule has 2 rings (SSSR count). The largest absolute Gasteiger partial charge is 0.495 e. The van der Waals surface area contributed by atoms with Crippen molar-refractivity contribution in [3.8, 4) is 5.75 Å². The van der Waals surface area contributed by atoms with Crippen molar-refractivity contribution < 1.29 is 9.53 Å². The summed E-state index contributed by atoms with van der Waals surface area (Å²) in [6, 6.07) is 7.49. The minimum absolute atomic E-state index is 0.0972. The number of carbonyl (C=O) groups excluding carboxylic acids is 1. The third-order valence-corrected chi connectivity index (χ3v) is 3.92. The highest BCUT2D eigenvalue weighted by Crippen LogP contribution is 2.30. The number of nitrogens with one attached hydrogen (secondary N) is 1. The van der Waals surface area contributed by atoms with Crippen LogP contribution < -0.4 is 15.8 Å². The molecule has 0 saturated heterocycles. The van der Waals surface area contributed by atoms with Crippen LogP contribution >= 0.6 is 0 Å². The molecule has 104 valence electrons. The monoisotopic (exact) mass is 262 g/mol. The van der Waals surface area contributed by atoms with Crippen LogP contribution in [0.3, 0.4) is 0 Å². The number of amides is 1. The topological polar surface area (TPSA) is 64.3 Å². The van der Waals surface area contributed by atoms with E-state index in [0.717, 1.165) is 37.9 Å². The molecule has 1 amide bonds. The number of methoxy groups -OCH3 is 1. The van der Waals surface area contributed by atoms with Gasteiger partial charge in [0.05, 0.1) is 12.8 Å². The standard InChI is InChI=1S/C15H22N2O2/c1-19-14-5-3-2-4-13(14)17-15(18)12-8-6-11(10-16)7-9-12/h2-5,11-12H,6-10,16H2,1H3,(H,17,18). The van der Waals surface area contributed by atoms with Crippen LogP contribution in [0.5, 0.6) is 5.75 Å². The summed E-state index contributed by atoms with van der Waals surface area (Å²) in [5.41, 5.74) is 6.42. The molecule has 4 nitrogen and oxygen atoms in total. The normalized spacial score (nSPS) is 22.8. The molecule has 0 spiro atoms. The Labute approximate surface area is 114 Å². The average Bonchev–Trinajstić information content (AvgIpc) is 2.48. The summed E-state index contributed by atoms with van der Waals surface area (Å²) in [6.45, 7) is 0.737. The lowest BCUT2D eigenvalue weighted by Crippen LogP contribution is -2.29. The van der Waals surface area contributed by atoms with Gasteiger partial charge >= 0.3 is 0 Å². The Hall–Kier alpha value is -1.55. The Morgan fingerprint density at radius 3 is 2.63 bits per heavy atom. The predicted octanol–water partition coefficient (Wildman–Crippen LogP) is 2.40. The van der Waals surface area contributed by atoms with Gasteiger partial charge in [-0.2, -0.15) is 0 Å². The number of para-hydroxylation sites is 2. The molecule has 0 unspecified atom stereocenters. The van der Waals surface area contributed by atoms with Crippen molar-refractivity contribution >= 4 is 11.6 Å². The van der Waals surface area contributed by atoms with Crippen LogP contribution in [0.4, 0.5) is 5.69 Å². The maximum absolute atomic E-state index is 12.2. The van der Waals surface area contributed by atoms with Gasteiger partial charge in [-0.3, -0.25) is 4.79 Å². The number of carbonyl (C=O) groups is 1. The van der Waals surface area contributed by atoms with E-state index in [1.54, 1.807) is 7.11 Å². The zero-order valence-corrected chi connectivity index (χ0v) is 11.4. The van der Waals surface area contributed by atoms with Gasteiger partial charge in [0.2, 0.25) is 5.91 Å². The first kappa shape index (κ1) is 13.9.